The maximum atomic E-state index is 12.4. The van der Waals surface area contributed by atoms with E-state index in [2.05, 4.69) is 15.6 Å². The fourth-order valence-electron chi connectivity index (χ4n) is 2.57. The van der Waals surface area contributed by atoms with Gasteiger partial charge in [0, 0.05) is 28.7 Å². The predicted molar refractivity (Wildman–Crippen MR) is 113 cm³/mol. The van der Waals surface area contributed by atoms with Crippen LogP contribution in [-0.4, -0.2) is 22.0 Å². The van der Waals surface area contributed by atoms with E-state index in [1.165, 1.54) is 11.8 Å². The summed E-state index contributed by atoms with van der Waals surface area (Å²) in [5, 5.41) is 5.49. The Morgan fingerprint density at radius 2 is 1.68 bits per heavy atom. The molecule has 1 unspecified atom stereocenters. The average Bonchev–Trinajstić information content (AvgIpc) is 2.69. The van der Waals surface area contributed by atoms with Gasteiger partial charge in [0.05, 0.1) is 11.7 Å². The lowest BCUT2D eigenvalue weighted by atomic mass is 10.1. The third kappa shape index (κ3) is 5.96. The molecule has 0 saturated heterocycles. The van der Waals surface area contributed by atoms with Crippen molar-refractivity contribution >= 4 is 35.0 Å². The van der Waals surface area contributed by atoms with Crippen LogP contribution in [0.2, 0.25) is 0 Å². The smallest absolute Gasteiger partial charge is 0.237 e. The van der Waals surface area contributed by atoms with Crippen molar-refractivity contribution in [2.24, 2.45) is 0 Å². The largest absolute Gasteiger partial charge is 0.326 e. The maximum Gasteiger partial charge on any atom is 0.237 e. The van der Waals surface area contributed by atoms with Crippen LogP contribution in [0.5, 0.6) is 0 Å². The van der Waals surface area contributed by atoms with Crippen LogP contribution in [-0.2, 0) is 16.0 Å². The number of nitrogens with zero attached hydrogens (tertiary/aromatic N) is 1. The van der Waals surface area contributed by atoms with Gasteiger partial charge in [-0.05, 0) is 42.8 Å². The Balaban J connectivity index is 1.56. The summed E-state index contributed by atoms with van der Waals surface area (Å²) in [6.07, 6.45) is 3.59. The van der Waals surface area contributed by atoms with Gasteiger partial charge in [-0.15, -0.1) is 11.8 Å². The molecular formula is C22H21N3O2S. The van der Waals surface area contributed by atoms with Crippen LogP contribution in [0.15, 0.2) is 84.0 Å². The van der Waals surface area contributed by atoms with Crippen LogP contribution in [0.1, 0.15) is 12.5 Å². The third-order valence-electron chi connectivity index (χ3n) is 3.96. The molecule has 6 heteroatoms. The van der Waals surface area contributed by atoms with Crippen molar-refractivity contribution in [3.05, 3.63) is 84.7 Å². The second kappa shape index (κ2) is 9.71. The molecule has 3 aromatic rings. The number of carbonyl (C=O) groups excluding carboxylic acids is 2. The number of benzene rings is 2. The molecule has 0 bridgehead atoms. The van der Waals surface area contributed by atoms with Gasteiger partial charge < -0.3 is 10.6 Å². The van der Waals surface area contributed by atoms with E-state index in [0.717, 1.165) is 16.1 Å². The summed E-state index contributed by atoms with van der Waals surface area (Å²) in [4.78, 5) is 29.4. The number of amides is 2. The summed E-state index contributed by atoms with van der Waals surface area (Å²) >= 11 is 1.44. The molecular weight excluding hydrogens is 370 g/mol. The molecule has 2 N–H and O–H groups in total. The highest BCUT2D eigenvalue weighted by Gasteiger charge is 2.15. The van der Waals surface area contributed by atoms with Crippen LogP contribution in [0.25, 0.3) is 0 Å². The Kier molecular flexibility index (Phi) is 6.81. The van der Waals surface area contributed by atoms with E-state index in [9.17, 15) is 9.59 Å². The van der Waals surface area contributed by atoms with E-state index in [4.69, 9.17) is 0 Å². The first-order valence-electron chi connectivity index (χ1n) is 8.91. The molecule has 1 heterocycles. The highest BCUT2D eigenvalue weighted by molar-refractivity contribution is 8.00. The summed E-state index contributed by atoms with van der Waals surface area (Å²) < 4.78 is 0. The summed E-state index contributed by atoms with van der Waals surface area (Å²) in [6, 6.07) is 20.6. The van der Waals surface area contributed by atoms with E-state index >= 15 is 0 Å². The fourth-order valence-corrected chi connectivity index (χ4v) is 3.50. The van der Waals surface area contributed by atoms with Gasteiger partial charge in [-0.3, -0.25) is 14.6 Å². The molecule has 0 aliphatic heterocycles. The predicted octanol–water partition coefficient (Wildman–Crippen LogP) is 4.38. The number of aromatic nitrogens is 1. The number of nitrogens with one attached hydrogen (secondary N) is 2. The van der Waals surface area contributed by atoms with E-state index in [0.29, 0.717) is 12.1 Å². The molecule has 1 atom stereocenters. The minimum absolute atomic E-state index is 0.0724. The van der Waals surface area contributed by atoms with Gasteiger partial charge in [0.15, 0.2) is 0 Å². The minimum atomic E-state index is -0.288. The molecule has 0 aliphatic rings. The molecule has 0 fully saturated rings. The topological polar surface area (TPSA) is 71.1 Å². The summed E-state index contributed by atoms with van der Waals surface area (Å²) in [5.41, 5.74) is 2.40. The monoisotopic (exact) mass is 391 g/mol. The standard InChI is InChI=1S/C22H21N3O2S/c1-16(22(27)25-18-10-12-23-13-11-18)28-20-9-5-8-19(15-20)24-21(26)14-17-6-3-2-4-7-17/h2-13,15-16H,14H2,1H3,(H,24,26)(H,23,25,27). The van der Waals surface area contributed by atoms with Crippen molar-refractivity contribution in [2.75, 3.05) is 10.6 Å². The number of anilines is 2. The maximum absolute atomic E-state index is 12.4. The van der Waals surface area contributed by atoms with Crippen LogP contribution in [0.4, 0.5) is 11.4 Å². The Hall–Kier alpha value is -3.12. The molecule has 0 saturated carbocycles. The molecule has 5 nitrogen and oxygen atoms in total. The first-order valence-corrected chi connectivity index (χ1v) is 9.79. The van der Waals surface area contributed by atoms with Crippen LogP contribution in [0, 0.1) is 0 Å². The minimum Gasteiger partial charge on any atom is -0.326 e. The van der Waals surface area contributed by atoms with Crippen LogP contribution >= 0.6 is 11.8 Å². The molecule has 2 amide bonds. The van der Waals surface area contributed by atoms with E-state index in [1.807, 2.05) is 61.5 Å². The average molecular weight is 391 g/mol. The number of rotatable bonds is 7. The molecule has 3 rings (SSSR count). The van der Waals surface area contributed by atoms with Gasteiger partial charge in [-0.2, -0.15) is 0 Å². The second-order valence-electron chi connectivity index (χ2n) is 6.22. The van der Waals surface area contributed by atoms with Crippen LogP contribution < -0.4 is 10.6 Å². The van der Waals surface area contributed by atoms with Gasteiger partial charge in [-0.25, -0.2) is 0 Å². The molecule has 2 aromatic carbocycles. The van der Waals surface area contributed by atoms with Crippen molar-refractivity contribution in [3.8, 4) is 0 Å². The molecule has 28 heavy (non-hydrogen) atoms. The van der Waals surface area contributed by atoms with Crippen molar-refractivity contribution in [1.82, 2.24) is 4.98 Å². The summed E-state index contributed by atoms with van der Waals surface area (Å²) in [5.74, 6) is -0.161. The van der Waals surface area contributed by atoms with Gasteiger partial charge >= 0.3 is 0 Å². The van der Waals surface area contributed by atoms with E-state index in [-0.39, 0.29) is 17.1 Å². The molecule has 1 aromatic heterocycles. The van der Waals surface area contributed by atoms with Gasteiger partial charge in [0.2, 0.25) is 11.8 Å². The Morgan fingerprint density at radius 3 is 2.43 bits per heavy atom. The first kappa shape index (κ1) is 19.6. The van der Waals surface area contributed by atoms with Crippen molar-refractivity contribution in [3.63, 3.8) is 0 Å². The Labute approximate surface area is 168 Å². The van der Waals surface area contributed by atoms with Crippen molar-refractivity contribution in [2.45, 2.75) is 23.5 Å². The fraction of sp³-hybridized carbons (Fsp3) is 0.136. The molecule has 0 aliphatic carbocycles. The normalized spacial score (nSPS) is 11.5. The molecule has 0 radical (unpaired) electrons. The summed E-state index contributed by atoms with van der Waals surface area (Å²) in [6.45, 7) is 1.85. The first-order chi connectivity index (χ1) is 13.6. The number of pyridine rings is 1. The lowest BCUT2D eigenvalue weighted by molar-refractivity contribution is -0.116. The number of hydrogen-bond acceptors (Lipinski definition) is 4. The zero-order valence-corrected chi connectivity index (χ0v) is 16.3. The van der Waals surface area contributed by atoms with E-state index < -0.39 is 0 Å². The van der Waals surface area contributed by atoms with Gasteiger partial charge in [0.25, 0.3) is 0 Å². The van der Waals surface area contributed by atoms with Crippen molar-refractivity contribution in [1.29, 1.82) is 0 Å². The molecule has 0 spiro atoms. The van der Waals surface area contributed by atoms with Crippen LogP contribution in [0.3, 0.4) is 0 Å². The number of carbonyl (C=O) groups is 2. The van der Waals surface area contributed by atoms with Gasteiger partial charge in [-0.1, -0.05) is 36.4 Å². The highest BCUT2D eigenvalue weighted by atomic mass is 32.2. The quantitative estimate of drug-likeness (QED) is 0.586. The zero-order valence-electron chi connectivity index (χ0n) is 15.5. The lowest BCUT2D eigenvalue weighted by Crippen LogP contribution is -2.22. The number of hydrogen-bond donors (Lipinski definition) is 2. The third-order valence-corrected chi connectivity index (χ3v) is 5.05. The summed E-state index contributed by atoms with van der Waals surface area (Å²) in [7, 11) is 0. The van der Waals surface area contributed by atoms with E-state index in [1.54, 1.807) is 24.5 Å². The molecule has 142 valence electrons. The second-order valence-corrected chi connectivity index (χ2v) is 7.64. The Morgan fingerprint density at radius 1 is 0.929 bits per heavy atom. The van der Waals surface area contributed by atoms with Crippen molar-refractivity contribution < 1.29 is 9.59 Å². The Bertz CT molecular complexity index is 933. The highest BCUT2D eigenvalue weighted by Crippen LogP contribution is 2.26. The zero-order chi connectivity index (χ0) is 19.8. The number of thioether (sulfide) groups is 1. The SMILES string of the molecule is CC(Sc1cccc(NC(=O)Cc2ccccc2)c1)C(=O)Nc1ccncc1. The lowest BCUT2D eigenvalue weighted by Gasteiger charge is -2.13. The van der Waals surface area contributed by atoms with Gasteiger partial charge in [0.1, 0.15) is 0 Å².